The van der Waals surface area contributed by atoms with Crippen LogP contribution >= 0.6 is 0 Å². The van der Waals surface area contributed by atoms with Gasteiger partial charge in [0.25, 0.3) is 5.91 Å². The number of nitrogens with zero attached hydrogens (tertiary/aromatic N) is 5. The van der Waals surface area contributed by atoms with Crippen molar-refractivity contribution in [3.63, 3.8) is 0 Å². The molecule has 0 fully saturated rings. The van der Waals surface area contributed by atoms with Gasteiger partial charge in [0.15, 0.2) is 5.82 Å². The van der Waals surface area contributed by atoms with Crippen molar-refractivity contribution < 1.29 is 4.79 Å². The van der Waals surface area contributed by atoms with Crippen molar-refractivity contribution in [3.8, 4) is 5.82 Å². The Labute approximate surface area is 155 Å². The van der Waals surface area contributed by atoms with Crippen molar-refractivity contribution in [3.05, 3.63) is 72.8 Å². The number of aromatic nitrogens is 5. The van der Waals surface area contributed by atoms with E-state index in [1.165, 1.54) is 0 Å². The molecule has 4 rings (SSSR count). The summed E-state index contributed by atoms with van der Waals surface area (Å²) < 4.78 is 1.88. The summed E-state index contributed by atoms with van der Waals surface area (Å²) in [5.74, 6) is 1.25. The first-order valence-electron chi connectivity index (χ1n) is 8.49. The number of nitrogens with one attached hydrogen (secondary N) is 2. The van der Waals surface area contributed by atoms with Crippen LogP contribution < -0.4 is 10.6 Å². The lowest BCUT2D eigenvalue weighted by atomic mass is 10.2. The third-order valence-electron chi connectivity index (χ3n) is 3.97. The smallest absolute Gasteiger partial charge is 0.251 e. The van der Waals surface area contributed by atoms with Gasteiger partial charge in [-0.05, 0) is 42.5 Å². The molecule has 0 aliphatic carbocycles. The summed E-state index contributed by atoms with van der Waals surface area (Å²) in [5.41, 5.74) is 2.01. The lowest BCUT2D eigenvalue weighted by Gasteiger charge is -2.08. The molecule has 8 nitrogen and oxygen atoms in total. The van der Waals surface area contributed by atoms with Crippen molar-refractivity contribution in [2.45, 2.75) is 0 Å². The summed E-state index contributed by atoms with van der Waals surface area (Å²) in [4.78, 5) is 20.7. The predicted octanol–water partition coefficient (Wildman–Crippen LogP) is 2.05. The van der Waals surface area contributed by atoms with Crippen LogP contribution in [0.4, 0.5) is 5.82 Å². The standard InChI is InChI=1S/C19H17N7O/c27-19(14-3-4-15-16(13-14)21-8-7-20-15)23-10-9-22-17-5-6-18(25-24-17)26-11-1-2-12-26/h1-8,11-13H,9-10H2,(H,22,24)(H,23,27). The number of benzene rings is 1. The number of carbonyl (C=O) groups excluding carboxylic acids is 1. The number of anilines is 1. The highest BCUT2D eigenvalue weighted by Gasteiger charge is 2.07. The first-order chi connectivity index (χ1) is 13.3. The minimum Gasteiger partial charge on any atom is -0.367 e. The predicted molar refractivity (Wildman–Crippen MR) is 102 cm³/mol. The topological polar surface area (TPSA) is 97.6 Å². The fourth-order valence-electron chi connectivity index (χ4n) is 2.62. The Bertz CT molecular complexity index is 1050. The summed E-state index contributed by atoms with van der Waals surface area (Å²) in [6, 6.07) is 12.9. The number of carbonyl (C=O) groups is 1. The highest BCUT2D eigenvalue weighted by atomic mass is 16.1. The average molecular weight is 359 g/mol. The molecule has 0 saturated heterocycles. The second-order valence-corrected chi connectivity index (χ2v) is 5.81. The number of rotatable bonds is 6. The minimum absolute atomic E-state index is 0.154. The first-order valence-corrected chi connectivity index (χ1v) is 8.49. The van der Waals surface area contributed by atoms with E-state index in [2.05, 4.69) is 30.8 Å². The summed E-state index contributed by atoms with van der Waals surface area (Å²) in [5, 5.41) is 14.3. The third-order valence-corrected chi connectivity index (χ3v) is 3.97. The molecule has 8 heteroatoms. The van der Waals surface area contributed by atoms with Gasteiger partial charge in [0.1, 0.15) is 5.82 Å². The number of amides is 1. The quantitative estimate of drug-likeness (QED) is 0.511. The highest BCUT2D eigenvalue weighted by molar-refractivity contribution is 5.97. The molecule has 0 unspecified atom stereocenters. The number of hydrogen-bond donors (Lipinski definition) is 2. The van der Waals surface area contributed by atoms with Crippen molar-refractivity contribution in [2.24, 2.45) is 0 Å². The van der Waals surface area contributed by atoms with E-state index in [0.29, 0.717) is 30.0 Å². The van der Waals surface area contributed by atoms with Crippen LogP contribution in [0.5, 0.6) is 0 Å². The maximum absolute atomic E-state index is 12.3. The highest BCUT2D eigenvalue weighted by Crippen LogP contribution is 2.11. The lowest BCUT2D eigenvalue weighted by Crippen LogP contribution is -2.28. The van der Waals surface area contributed by atoms with Gasteiger partial charge in [-0.3, -0.25) is 14.8 Å². The van der Waals surface area contributed by atoms with E-state index in [4.69, 9.17) is 0 Å². The van der Waals surface area contributed by atoms with Crippen LogP contribution in [-0.4, -0.2) is 43.7 Å². The van der Waals surface area contributed by atoms with E-state index in [-0.39, 0.29) is 5.91 Å². The Hall–Kier alpha value is -3.81. The summed E-state index contributed by atoms with van der Waals surface area (Å²) in [7, 11) is 0. The Balaban J connectivity index is 1.28. The van der Waals surface area contributed by atoms with Gasteiger partial charge >= 0.3 is 0 Å². The minimum atomic E-state index is -0.154. The summed E-state index contributed by atoms with van der Waals surface area (Å²) in [6.07, 6.45) is 7.05. The molecule has 0 saturated carbocycles. The summed E-state index contributed by atoms with van der Waals surface area (Å²) >= 11 is 0. The monoisotopic (exact) mass is 359 g/mol. The molecular weight excluding hydrogens is 342 g/mol. The zero-order chi connectivity index (χ0) is 18.5. The molecule has 0 atom stereocenters. The van der Waals surface area contributed by atoms with Crippen LogP contribution in [0.1, 0.15) is 10.4 Å². The van der Waals surface area contributed by atoms with Crippen LogP contribution in [-0.2, 0) is 0 Å². The van der Waals surface area contributed by atoms with Crippen LogP contribution in [0.15, 0.2) is 67.3 Å². The molecule has 0 spiro atoms. The van der Waals surface area contributed by atoms with Gasteiger partial charge in [-0.25, -0.2) is 0 Å². The van der Waals surface area contributed by atoms with Gasteiger partial charge in [-0.2, -0.15) is 0 Å². The Morgan fingerprint density at radius 3 is 2.52 bits per heavy atom. The van der Waals surface area contributed by atoms with Crippen molar-refractivity contribution in [2.75, 3.05) is 18.4 Å². The maximum Gasteiger partial charge on any atom is 0.251 e. The molecule has 3 heterocycles. The molecule has 2 N–H and O–H groups in total. The van der Waals surface area contributed by atoms with Gasteiger partial charge in [-0.15, -0.1) is 10.2 Å². The molecule has 0 aliphatic heterocycles. The van der Waals surface area contributed by atoms with Gasteiger partial charge in [0.2, 0.25) is 0 Å². The lowest BCUT2D eigenvalue weighted by molar-refractivity contribution is 0.0955. The molecule has 134 valence electrons. The molecule has 1 aromatic carbocycles. The molecule has 0 bridgehead atoms. The number of fused-ring (bicyclic) bond motifs is 1. The fourth-order valence-corrected chi connectivity index (χ4v) is 2.62. The van der Waals surface area contributed by atoms with Gasteiger partial charge in [-0.1, -0.05) is 0 Å². The molecule has 0 aliphatic rings. The Morgan fingerprint density at radius 1 is 0.926 bits per heavy atom. The van der Waals surface area contributed by atoms with Gasteiger partial charge in [0, 0.05) is 43.4 Å². The molecule has 4 aromatic rings. The SMILES string of the molecule is O=C(NCCNc1ccc(-n2cccc2)nn1)c1ccc2nccnc2c1. The van der Waals surface area contributed by atoms with E-state index < -0.39 is 0 Å². The normalized spacial score (nSPS) is 10.7. The van der Waals surface area contributed by atoms with E-state index >= 15 is 0 Å². The molecule has 3 aromatic heterocycles. The maximum atomic E-state index is 12.3. The van der Waals surface area contributed by atoms with Crippen LogP contribution in [0.2, 0.25) is 0 Å². The van der Waals surface area contributed by atoms with Crippen LogP contribution in [0.3, 0.4) is 0 Å². The summed E-state index contributed by atoms with van der Waals surface area (Å²) in [6.45, 7) is 0.995. The average Bonchev–Trinajstić information content (AvgIpc) is 3.26. The van der Waals surface area contributed by atoms with E-state index in [0.717, 1.165) is 11.3 Å². The van der Waals surface area contributed by atoms with Crippen molar-refractivity contribution in [1.29, 1.82) is 0 Å². The van der Waals surface area contributed by atoms with E-state index in [1.807, 2.05) is 41.2 Å². The first kappa shape index (κ1) is 16.6. The zero-order valence-electron chi connectivity index (χ0n) is 14.4. The molecule has 0 radical (unpaired) electrons. The van der Waals surface area contributed by atoms with Crippen molar-refractivity contribution in [1.82, 2.24) is 30.0 Å². The second-order valence-electron chi connectivity index (χ2n) is 5.81. The van der Waals surface area contributed by atoms with E-state index in [1.54, 1.807) is 30.6 Å². The van der Waals surface area contributed by atoms with Gasteiger partial charge in [0.05, 0.1) is 11.0 Å². The Morgan fingerprint density at radius 2 is 1.74 bits per heavy atom. The van der Waals surface area contributed by atoms with Crippen LogP contribution in [0.25, 0.3) is 16.9 Å². The largest absolute Gasteiger partial charge is 0.367 e. The molecule has 27 heavy (non-hydrogen) atoms. The third kappa shape index (κ3) is 3.90. The van der Waals surface area contributed by atoms with Crippen molar-refractivity contribution >= 4 is 22.8 Å². The Kier molecular flexibility index (Phi) is 4.69. The fraction of sp³-hybridized carbons (Fsp3) is 0.105. The van der Waals surface area contributed by atoms with E-state index in [9.17, 15) is 4.79 Å². The van der Waals surface area contributed by atoms with Gasteiger partial charge < -0.3 is 15.2 Å². The van der Waals surface area contributed by atoms with Crippen LogP contribution in [0, 0.1) is 0 Å². The zero-order valence-corrected chi connectivity index (χ0v) is 14.4. The molecular formula is C19H17N7O. The number of hydrogen-bond acceptors (Lipinski definition) is 6. The second kappa shape index (κ2) is 7.61. The molecule has 1 amide bonds.